The highest BCUT2D eigenvalue weighted by Gasteiger charge is 2.19. The minimum atomic E-state index is -0.567. The van der Waals surface area contributed by atoms with Crippen molar-refractivity contribution in [3.8, 4) is 11.1 Å². The van der Waals surface area contributed by atoms with Crippen molar-refractivity contribution in [2.45, 2.75) is 0 Å². The first-order chi connectivity index (χ1) is 10.1. The van der Waals surface area contributed by atoms with Crippen LogP contribution >= 0.6 is 22.6 Å². The molecule has 2 rings (SSSR count). The Labute approximate surface area is 136 Å². The van der Waals surface area contributed by atoms with E-state index in [1.54, 1.807) is 18.2 Å². The number of ether oxygens (including phenoxy) is 2. The van der Waals surface area contributed by atoms with Crippen molar-refractivity contribution in [2.24, 2.45) is 0 Å². The van der Waals surface area contributed by atoms with E-state index in [4.69, 9.17) is 4.74 Å². The predicted octanol–water partition coefficient (Wildman–Crippen LogP) is 3.53. The van der Waals surface area contributed by atoms with Crippen LogP contribution in [0.2, 0.25) is 0 Å². The molecule has 0 aliphatic heterocycles. The van der Waals surface area contributed by atoms with Crippen molar-refractivity contribution in [3.63, 3.8) is 0 Å². The van der Waals surface area contributed by atoms with Crippen LogP contribution in [0.5, 0.6) is 0 Å². The number of hydrogen-bond donors (Lipinski definition) is 0. The fourth-order valence-electron chi connectivity index (χ4n) is 1.93. The molecule has 0 N–H and O–H groups in total. The van der Waals surface area contributed by atoms with Gasteiger partial charge in [-0.2, -0.15) is 0 Å². The van der Waals surface area contributed by atoms with Gasteiger partial charge < -0.3 is 9.47 Å². The van der Waals surface area contributed by atoms with Crippen molar-refractivity contribution in [1.82, 2.24) is 0 Å². The molecule has 0 radical (unpaired) electrons. The van der Waals surface area contributed by atoms with E-state index < -0.39 is 11.9 Å². The molecule has 108 valence electrons. The SMILES string of the molecule is COC(=O)c1ccc(-c2ccc(I)cc2)cc1C(=O)OC. The molecule has 0 saturated carbocycles. The Kier molecular flexibility index (Phi) is 4.95. The number of benzene rings is 2. The summed E-state index contributed by atoms with van der Waals surface area (Å²) in [5.41, 5.74) is 2.18. The highest BCUT2D eigenvalue weighted by atomic mass is 127. The summed E-state index contributed by atoms with van der Waals surface area (Å²) in [6.07, 6.45) is 0. The molecule has 0 aromatic heterocycles. The topological polar surface area (TPSA) is 52.6 Å². The summed E-state index contributed by atoms with van der Waals surface area (Å²) >= 11 is 2.22. The summed E-state index contributed by atoms with van der Waals surface area (Å²) in [7, 11) is 2.55. The number of carbonyl (C=O) groups is 2. The Morgan fingerprint density at radius 2 is 1.33 bits per heavy atom. The van der Waals surface area contributed by atoms with Crippen molar-refractivity contribution in [1.29, 1.82) is 0 Å². The quantitative estimate of drug-likeness (QED) is 0.589. The molecule has 5 heteroatoms. The Bertz CT molecular complexity index is 677. The second kappa shape index (κ2) is 6.71. The van der Waals surface area contributed by atoms with Crippen molar-refractivity contribution >= 4 is 34.5 Å². The van der Waals surface area contributed by atoms with E-state index in [0.29, 0.717) is 0 Å². The zero-order valence-electron chi connectivity index (χ0n) is 11.6. The molecule has 0 bridgehead atoms. The maximum absolute atomic E-state index is 11.9. The molecule has 0 fully saturated rings. The van der Waals surface area contributed by atoms with E-state index >= 15 is 0 Å². The average Bonchev–Trinajstić information content (AvgIpc) is 2.53. The first-order valence-corrected chi connectivity index (χ1v) is 7.21. The molecule has 2 aromatic rings. The van der Waals surface area contributed by atoms with Crippen LogP contribution in [0.25, 0.3) is 11.1 Å². The van der Waals surface area contributed by atoms with Gasteiger partial charge in [0.1, 0.15) is 0 Å². The molecule has 21 heavy (non-hydrogen) atoms. The Hall–Kier alpha value is -1.89. The normalized spacial score (nSPS) is 10.0. The third-order valence-electron chi connectivity index (χ3n) is 3.01. The second-order valence-electron chi connectivity index (χ2n) is 4.25. The lowest BCUT2D eigenvalue weighted by molar-refractivity contribution is 0.0555. The van der Waals surface area contributed by atoms with E-state index in [-0.39, 0.29) is 11.1 Å². The highest BCUT2D eigenvalue weighted by Crippen LogP contribution is 2.24. The van der Waals surface area contributed by atoms with Crippen LogP contribution in [0.4, 0.5) is 0 Å². The van der Waals surface area contributed by atoms with Crippen LogP contribution in [-0.4, -0.2) is 26.2 Å². The Morgan fingerprint density at radius 1 is 0.810 bits per heavy atom. The summed E-state index contributed by atoms with van der Waals surface area (Å²) in [4.78, 5) is 23.6. The van der Waals surface area contributed by atoms with Crippen LogP contribution in [0.1, 0.15) is 20.7 Å². The zero-order chi connectivity index (χ0) is 15.4. The van der Waals surface area contributed by atoms with Crippen LogP contribution in [0.15, 0.2) is 42.5 Å². The van der Waals surface area contributed by atoms with Gasteiger partial charge in [0.2, 0.25) is 0 Å². The Morgan fingerprint density at radius 3 is 1.90 bits per heavy atom. The number of methoxy groups -OCH3 is 2. The maximum atomic E-state index is 11.9. The van der Waals surface area contributed by atoms with E-state index in [0.717, 1.165) is 14.7 Å². The van der Waals surface area contributed by atoms with Gasteiger partial charge in [0, 0.05) is 3.57 Å². The Balaban J connectivity index is 2.53. The van der Waals surface area contributed by atoms with Crippen LogP contribution in [0, 0.1) is 3.57 Å². The largest absolute Gasteiger partial charge is 0.465 e. The zero-order valence-corrected chi connectivity index (χ0v) is 13.7. The van der Waals surface area contributed by atoms with Crippen molar-refractivity contribution in [2.75, 3.05) is 14.2 Å². The fraction of sp³-hybridized carbons (Fsp3) is 0.125. The molecule has 2 aromatic carbocycles. The molecule has 0 saturated heterocycles. The summed E-state index contributed by atoms with van der Waals surface area (Å²) in [6.45, 7) is 0. The number of rotatable bonds is 3. The summed E-state index contributed by atoms with van der Waals surface area (Å²) in [5.74, 6) is -1.13. The van der Waals surface area contributed by atoms with Crippen LogP contribution < -0.4 is 0 Å². The third-order valence-corrected chi connectivity index (χ3v) is 3.73. The maximum Gasteiger partial charge on any atom is 0.338 e. The van der Waals surface area contributed by atoms with Gasteiger partial charge >= 0.3 is 11.9 Å². The lowest BCUT2D eigenvalue weighted by Gasteiger charge is -2.09. The molecule has 0 aliphatic carbocycles. The molecule has 4 nitrogen and oxygen atoms in total. The number of halogens is 1. The molecule has 0 amide bonds. The average molecular weight is 396 g/mol. The molecule has 0 spiro atoms. The van der Waals surface area contributed by atoms with Crippen molar-refractivity contribution in [3.05, 3.63) is 57.2 Å². The smallest absolute Gasteiger partial charge is 0.338 e. The molecule has 0 atom stereocenters. The second-order valence-corrected chi connectivity index (χ2v) is 5.50. The van der Waals surface area contributed by atoms with Gasteiger partial charge in [0.05, 0.1) is 25.3 Å². The van der Waals surface area contributed by atoms with E-state index in [1.165, 1.54) is 14.2 Å². The molecule has 0 heterocycles. The molecule has 0 aliphatic rings. The standard InChI is InChI=1S/C16H13IO4/c1-20-15(18)13-8-5-11(9-14(13)16(19)21-2)10-3-6-12(17)7-4-10/h3-9H,1-2H3. The van der Waals surface area contributed by atoms with Gasteiger partial charge in [-0.1, -0.05) is 18.2 Å². The first-order valence-electron chi connectivity index (χ1n) is 6.13. The van der Waals surface area contributed by atoms with E-state index in [1.807, 2.05) is 24.3 Å². The number of carbonyl (C=O) groups excluding carboxylic acids is 2. The highest BCUT2D eigenvalue weighted by molar-refractivity contribution is 14.1. The monoisotopic (exact) mass is 396 g/mol. The lowest BCUT2D eigenvalue weighted by atomic mass is 9.99. The molecular formula is C16H13IO4. The van der Waals surface area contributed by atoms with E-state index in [2.05, 4.69) is 27.3 Å². The first kappa shape index (κ1) is 15.5. The summed E-state index contributed by atoms with van der Waals surface area (Å²) < 4.78 is 10.5. The fourth-order valence-corrected chi connectivity index (χ4v) is 2.29. The van der Waals surface area contributed by atoms with Gasteiger partial charge in [-0.05, 0) is 58.0 Å². The molecular weight excluding hydrogens is 383 g/mol. The van der Waals surface area contributed by atoms with Crippen LogP contribution in [0.3, 0.4) is 0 Å². The van der Waals surface area contributed by atoms with Gasteiger partial charge in [-0.25, -0.2) is 9.59 Å². The van der Waals surface area contributed by atoms with Gasteiger partial charge in [0.15, 0.2) is 0 Å². The minimum Gasteiger partial charge on any atom is -0.465 e. The van der Waals surface area contributed by atoms with Crippen molar-refractivity contribution < 1.29 is 19.1 Å². The molecule has 0 unspecified atom stereocenters. The lowest BCUT2D eigenvalue weighted by Crippen LogP contribution is -2.11. The van der Waals surface area contributed by atoms with Crippen LogP contribution in [-0.2, 0) is 9.47 Å². The summed E-state index contributed by atoms with van der Waals surface area (Å²) in [5, 5.41) is 0. The van der Waals surface area contributed by atoms with E-state index in [9.17, 15) is 9.59 Å². The number of hydrogen-bond acceptors (Lipinski definition) is 4. The predicted molar refractivity (Wildman–Crippen MR) is 87.3 cm³/mol. The van der Waals surface area contributed by atoms with Gasteiger partial charge in [0.25, 0.3) is 0 Å². The third kappa shape index (κ3) is 3.41. The van der Waals surface area contributed by atoms with Gasteiger partial charge in [-0.15, -0.1) is 0 Å². The number of esters is 2. The minimum absolute atomic E-state index is 0.193. The summed E-state index contributed by atoms with van der Waals surface area (Å²) in [6, 6.07) is 12.8. The van der Waals surface area contributed by atoms with Gasteiger partial charge in [-0.3, -0.25) is 0 Å².